The predicted octanol–water partition coefficient (Wildman–Crippen LogP) is 0.794. The van der Waals surface area contributed by atoms with Crippen LogP contribution < -0.4 is 0 Å². The van der Waals surface area contributed by atoms with E-state index in [9.17, 15) is 14.4 Å². The maximum absolute atomic E-state index is 11.1. The van der Waals surface area contributed by atoms with Crippen molar-refractivity contribution in [1.29, 1.82) is 0 Å². The molecule has 0 spiro atoms. The molecule has 5 heteroatoms. The first-order valence-corrected chi connectivity index (χ1v) is 4.70. The molecule has 0 atom stereocenters. The van der Waals surface area contributed by atoms with E-state index in [1.165, 1.54) is 0 Å². The largest absolute Gasteiger partial charge is 0.462 e. The fraction of sp³-hybridized carbons (Fsp3) is 0.364. The molecule has 88 valence electrons. The molecule has 0 aromatic heterocycles. The van der Waals surface area contributed by atoms with Crippen molar-refractivity contribution in [2.45, 2.75) is 12.8 Å². The average molecular weight is 226 g/mol. The Morgan fingerprint density at radius 1 is 0.875 bits per heavy atom. The molecule has 0 rings (SSSR count). The Hall–Kier alpha value is -1.91. The van der Waals surface area contributed by atoms with Gasteiger partial charge in [0.05, 0.1) is 13.2 Å². The molecule has 0 amide bonds. The summed E-state index contributed by atoms with van der Waals surface area (Å²) in [5.74, 6) is -1.27. The summed E-state index contributed by atoms with van der Waals surface area (Å²) in [6.45, 7) is 6.45. The fourth-order valence-corrected chi connectivity index (χ4v) is 0.774. The molecule has 0 saturated carbocycles. The summed E-state index contributed by atoms with van der Waals surface area (Å²) in [4.78, 5) is 32.4. The van der Waals surface area contributed by atoms with Crippen LogP contribution in [0.1, 0.15) is 12.8 Å². The third-order valence-corrected chi connectivity index (χ3v) is 1.58. The van der Waals surface area contributed by atoms with Crippen molar-refractivity contribution in [2.75, 3.05) is 13.2 Å². The molecule has 0 aromatic carbocycles. The van der Waals surface area contributed by atoms with E-state index in [0.717, 1.165) is 12.2 Å². The van der Waals surface area contributed by atoms with Crippen LogP contribution in [0.15, 0.2) is 25.3 Å². The van der Waals surface area contributed by atoms with Gasteiger partial charge in [0.15, 0.2) is 0 Å². The minimum absolute atomic E-state index is 0.0130. The molecule has 0 radical (unpaired) electrons. The van der Waals surface area contributed by atoms with Gasteiger partial charge in [0.2, 0.25) is 0 Å². The van der Waals surface area contributed by atoms with Crippen LogP contribution in [-0.2, 0) is 23.9 Å². The number of hydrogen-bond acceptors (Lipinski definition) is 5. The third kappa shape index (κ3) is 7.49. The SMILES string of the molecule is C=CC(=O)OCCC(=O)CCOC(=O)C=C. The van der Waals surface area contributed by atoms with E-state index >= 15 is 0 Å². The monoisotopic (exact) mass is 226 g/mol. The molecule has 0 aliphatic carbocycles. The van der Waals surface area contributed by atoms with E-state index in [2.05, 4.69) is 22.6 Å². The van der Waals surface area contributed by atoms with E-state index in [0.29, 0.717) is 0 Å². The van der Waals surface area contributed by atoms with E-state index < -0.39 is 11.9 Å². The van der Waals surface area contributed by atoms with E-state index in [-0.39, 0.29) is 31.8 Å². The van der Waals surface area contributed by atoms with E-state index in [1.807, 2.05) is 0 Å². The lowest BCUT2D eigenvalue weighted by Gasteiger charge is -2.02. The molecule has 0 fully saturated rings. The number of ketones is 1. The van der Waals surface area contributed by atoms with Gasteiger partial charge in [-0.25, -0.2) is 9.59 Å². The highest BCUT2D eigenvalue weighted by Gasteiger charge is 2.05. The van der Waals surface area contributed by atoms with Gasteiger partial charge in [0, 0.05) is 25.0 Å². The quantitative estimate of drug-likeness (QED) is 0.452. The van der Waals surface area contributed by atoms with Gasteiger partial charge in [-0.3, -0.25) is 4.79 Å². The summed E-state index contributed by atoms with van der Waals surface area (Å²) in [5.41, 5.74) is 0. The number of ether oxygens (including phenoxy) is 2. The molecule has 0 unspecified atom stereocenters. The minimum Gasteiger partial charge on any atom is -0.462 e. The lowest BCUT2D eigenvalue weighted by Crippen LogP contribution is -2.11. The number of esters is 2. The third-order valence-electron chi connectivity index (χ3n) is 1.58. The van der Waals surface area contributed by atoms with Gasteiger partial charge in [0.25, 0.3) is 0 Å². The molecule has 0 aliphatic heterocycles. The van der Waals surface area contributed by atoms with E-state index in [4.69, 9.17) is 0 Å². The van der Waals surface area contributed by atoms with Gasteiger partial charge < -0.3 is 9.47 Å². The average Bonchev–Trinajstić information content (AvgIpc) is 2.28. The first-order valence-electron chi connectivity index (χ1n) is 4.70. The summed E-state index contributed by atoms with van der Waals surface area (Å²) >= 11 is 0. The number of Topliss-reactive ketones (excluding diaryl/α,β-unsaturated/α-hetero) is 1. The highest BCUT2D eigenvalue weighted by Crippen LogP contribution is 1.93. The molecule has 0 heterocycles. The highest BCUT2D eigenvalue weighted by molar-refractivity contribution is 5.83. The summed E-state index contributed by atoms with van der Waals surface area (Å²) in [6.07, 6.45) is 2.25. The lowest BCUT2D eigenvalue weighted by molar-refractivity contribution is -0.138. The van der Waals surface area contributed by atoms with Crippen LogP contribution in [0.2, 0.25) is 0 Å². The number of rotatable bonds is 8. The standard InChI is InChI=1S/C11H14O5/c1-3-10(13)15-7-5-9(12)6-8-16-11(14)4-2/h3-4H,1-2,5-8H2. The van der Waals surface area contributed by atoms with Crippen molar-refractivity contribution >= 4 is 17.7 Å². The second-order valence-corrected chi connectivity index (χ2v) is 2.78. The Labute approximate surface area is 93.7 Å². The second-order valence-electron chi connectivity index (χ2n) is 2.78. The highest BCUT2D eigenvalue weighted by atomic mass is 16.5. The van der Waals surface area contributed by atoms with Gasteiger partial charge >= 0.3 is 11.9 Å². The fourth-order valence-electron chi connectivity index (χ4n) is 0.774. The van der Waals surface area contributed by atoms with Gasteiger partial charge in [-0.05, 0) is 0 Å². The Morgan fingerprint density at radius 2 is 1.25 bits per heavy atom. The molecule has 16 heavy (non-hydrogen) atoms. The molecular weight excluding hydrogens is 212 g/mol. The zero-order chi connectivity index (χ0) is 12.4. The molecule has 0 aromatic rings. The van der Waals surface area contributed by atoms with Crippen molar-refractivity contribution in [1.82, 2.24) is 0 Å². The molecule has 5 nitrogen and oxygen atoms in total. The first kappa shape index (κ1) is 14.1. The van der Waals surface area contributed by atoms with Crippen LogP contribution in [0, 0.1) is 0 Å². The topological polar surface area (TPSA) is 69.7 Å². The lowest BCUT2D eigenvalue weighted by atomic mass is 10.2. The molecule has 0 bridgehead atoms. The van der Waals surface area contributed by atoms with Crippen molar-refractivity contribution < 1.29 is 23.9 Å². The Morgan fingerprint density at radius 3 is 1.56 bits per heavy atom. The van der Waals surface area contributed by atoms with Gasteiger partial charge in [-0.2, -0.15) is 0 Å². The summed E-state index contributed by atoms with van der Waals surface area (Å²) in [6, 6.07) is 0. The van der Waals surface area contributed by atoms with Crippen LogP contribution in [0.4, 0.5) is 0 Å². The summed E-state index contributed by atoms with van der Waals surface area (Å²) < 4.78 is 9.22. The Bertz CT molecular complexity index is 265. The second kappa shape index (κ2) is 8.40. The van der Waals surface area contributed by atoms with Crippen molar-refractivity contribution in [3.63, 3.8) is 0 Å². The van der Waals surface area contributed by atoms with Crippen LogP contribution >= 0.6 is 0 Å². The minimum atomic E-state index is -0.564. The Kier molecular flexibility index (Phi) is 7.40. The predicted molar refractivity (Wildman–Crippen MR) is 56.6 cm³/mol. The van der Waals surface area contributed by atoms with Gasteiger partial charge in [-0.1, -0.05) is 13.2 Å². The normalized spacial score (nSPS) is 9.00. The smallest absolute Gasteiger partial charge is 0.330 e. The zero-order valence-electron chi connectivity index (χ0n) is 8.94. The van der Waals surface area contributed by atoms with Crippen LogP contribution in [-0.4, -0.2) is 30.9 Å². The van der Waals surface area contributed by atoms with Crippen molar-refractivity contribution in [3.05, 3.63) is 25.3 Å². The maximum Gasteiger partial charge on any atom is 0.330 e. The van der Waals surface area contributed by atoms with Crippen LogP contribution in [0.5, 0.6) is 0 Å². The van der Waals surface area contributed by atoms with Crippen LogP contribution in [0.25, 0.3) is 0 Å². The van der Waals surface area contributed by atoms with Crippen LogP contribution in [0.3, 0.4) is 0 Å². The summed E-state index contributed by atoms with van der Waals surface area (Å²) in [7, 11) is 0. The van der Waals surface area contributed by atoms with Crippen molar-refractivity contribution in [2.24, 2.45) is 0 Å². The molecular formula is C11H14O5. The molecule has 0 aliphatic rings. The van der Waals surface area contributed by atoms with Crippen molar-refractivity contribution in [3.8, 4) is 0 Å². The van der Waals surface area contributed by atoms with E-state index in [1.54, 1.807) is 0 Å². The van der Waals surface area contributed by atoms with Gasteiger partial charge in [-0.15, -0.1) is 0 Å². The molecule has 0 saturated heterocycles. The first-order chi connectivity index (χ1) is 7.60. The number of carbonyl (C=O) groups excluding carboxylic acids is 3. The van der Waals surface area contributed by atoms with Gasteiger partial charge in [0.1, 0.15) is 5.78 Å². The zero-order valence-corrected chi connectivity index (χ0v) is 8.94. The number of hydrogen-bond donors (Lipinski definition) is 0. The number of carbonyl (C=O) groups is 3. The Balaban J connectivity index is 3.52. The summed E-state index contributed by atoms with van der Waals surface area (Å²) in [5, 5.41) is 0. The molecule has 0 N–H and O–H groups in total. The maximum atomic E-state index is 11.1.